The molecule has 0 amide bonds. The van der Waals surface area contributed by atoms with E-state index in [1.54, 1.807) is 0 Å². The molecule has 0 heterocycles. The Morgan fingerprint density at radius 3 is 0.812 bits per heavy atom. The summed E-state index contributed by atoms with van der Waals surface area (Å²) >= 11 is 0. The van der Waals surface area contributed by atoms with Crippen LogP contribution in [0.4, 0.5) is 0 Å². The molecule has 0 bridgehead atoms. The fraction of sp³-hybridized carbons (Fsp3) is 0.770. The van der Waals surface area contributed by atoms with E-state index in [4.69, 9.17) is 14.2 Å². The monoisotopic (exact) mass is 1110 g/mol. The molecule has 6 heteroatoms. The van der Waals surface area contributed by atoms with Crippen molar-refractivity contribution >= 4 is 17.9 Å². The highest BCUT2D eigenvalue weighted by atomic mass is 16.6. The molecule has 1 atom stereocenters. The van der Waals surface area contributed by atoms with E-state index < -0.39 is 6.10 Å². The minimum Gasteiger partial charge on any atom is -0.462 e. The Morgan fingerprint density at radius 1 is 0.263 bits per heavy atom. The van der Waals surface area contributed by atoms with Crippen LogP contribution in [0.5, 0.6) is 0 Å². The van der Waals surface area contributed by atoms with E-state index in [1.165, 1.54) is 225 Å². The maximum atomic E-state index is 12.9. The number of rotatable bonds is 63. The van der Waals surface area contributed by atoms with Gasteiger partial charge in [0.15, 0.2) is 6.10 Å². The molecule has 1 unspecified atom stereocenters. The highest BCUT2D eigenvalue weighted by Gasteiger charge is 2.19. The van der Waals surface area contributed by atoms with E-state index in [2.05, 4.69) is 99.8 Å². The summed E-state index contributed by atoms with van der Waals surface area (Å²) in [7, 11) is 0. The van der Waals surface area contributed by atoms with Crippen LogP contribution in [0.1, 0.15) is 348 Å². The Bertz CT molecular complexity index is 1520. The molecule has 0 saturated heterocycles. The van der Waals surface area contributed by atoms with Gasteiger partial charge in [-0.3, -0.25) is 14.4 Å². The Morgan fingerprint density at radius 2 is 0.512 bits per heavy atom. The van der Waals surface area contributed by atoms with Gasteiger partial charge in [-0.25, -0.2) is 0 Å². The van der Waals surface area contributed by atoms with Gasteiger partial charge in [0, 0.05) is 19.3 Å². The third-order valence-electron chi connectivity index (χ3n) is 15.1. The molecule has 0 aromatic heterocycles. The minimum absolute atomic E-state index is 0.103. The fourth-order valence-corrected chi connectivity index (χ4v) is 10.00. The quantitative estimate of drug-likeness (QED) is 0.0261. The molecular formula is C74H130O6. The van der Waals surface area contributed by atoms with Gasteiger partial charge in [0.1, 0.15) is 13.2 Å². The zero-order valence-corrected chi connectivity index (χ0v) is 53.1. The van der Waals surface area contributed by atoms with Gasteiger partial charge in [-0.15, -0.1) is 0 Å². The lowest BCUT2D eigenvalue weighted by Gasteiger charge is -2.18. The van der Waals surface area contributed by atoms with Gasteiger partial charge in [-0.05, 0) is 83.5 Å². The minimum atomic E-state index is -0.815. The normalized spacial score (nSPS) is 12.6. The highest BCUT2D eigenvalue weighted by Crippen LogP contribution is 2.18. The standard InChI is InChI=1S/C74H130O6/c1-4-7-10-13-16-19-22-24-26-28-30-31-32-33-34-35-36-37-38-39-40-41-42-43-45-46-48-50-52-55-58-61-64-67-73(76)79-70-71(69-78-72(75)66-63-60-57-54-21-18-15-12-9-6-3)80-74(77)68-65-62-59-56-53-51-49-47-44-29-27-25-23-20-17-14-11-8-5-2/h8,11,17,20,25,27-28,30,44,47,51,53,59,62,71H,4-7,9-10,12-16,18-19,21-24,26,29,31-43,45-46,48-50,52,54-58,60-61,63-70H2,1-3H3/b11-8-,20-17-,27-25-,30-28-,47-44-,53-51-,62-59-. The fourth-order valence-electron chi connectivity index (χ4n) is 10.00. The summed E-state index contributed by atoms with van der Waals surface area (Å²) in [5, 5.41) is 0. The van der Waals surface area contributed by atoms with Gasteiger partial charge in [-0.1, -0.05) is 331 Å². The summed E-state index contributed by atoms with van der Waals surface area (Å²) < 4.78 is 16.8. The molecule has 0 fully saturated rings. The Labute approximate surface area is 496 Å². The second-order valence-electron chi connectivity index (χ2n) is 23.1. The average molecular weight is 1120 g/mol. The van der Waals surface area contributed by atoms with Crippen LogP contribution < -0.4 is 0 Å². The van der Waals surface area contributed by atoms with E-state index >= 15 is 0 Å². The number of carbonyl (C=O) groups is 3. The van der Waals surface area contributed by atoms with Crippen LogP contribution in [0.15, 0.2) is 85.1 Å². The van der Waals surface area contributed by atoms with Crippen LogP contribution in [0, 0.1) is 0 Å². The molecule has 462 valence electrons. The van der Waals surface area contributed by atoms with Gasteiger partial charge in [0.05, 0.1) is 0 Å². The maximum Gasteiger partial charge on any atom is 0.306 e. The zero-order chi connectivity index (χ0) is 57.8. The van der Waals surface area contributed by atoms with Crippen LogP contribution in [0.3, 0.4) is 0 Å². The lowest BCUT2D eigenvalue weighted by atomic mass is 10.0. The predicted octanol–water partition coefficient (Wildman–Crippen LogP) is 23.8. The maximum absolute atomic E-state index is 12.9. The average Bonchev–Trinajstić information content (AvgIpc) is 3.46. The van der Waals surface area contributed by atoms with E-state index in [1.807, 2.05) is 6.08 Å². The van der Waals surface area contributed by atoms with Crippen LogP contribution >= 0.6 is 0 Å². The summed E-state index contributed by atoms with van der Waals surface area (Å²) in [5.74, 6) is -0.975. The van der Waals surface area contributed by atoms with Crippen LogP contribution in [0.2, 0.25) is 0 Å². The number of allylic oxidation sites excluding steroid dienone is 14. The molecule has 0 spiro atoms. The van der Waals surface area contributed by atoms with Crippen molar-refractivity contribution in [2.24, 2.45) is 0 Å². The van der Waals surface area contributed by atoms with Gasteiger partial charge >= 0.3 is 17.9 Å². The number of esters is 3. The zero-order valence-electron chi connectivity index (χ0n) is 53.1. The second-order valence-corrected chi connectivity index (χ2v) is 23.1. The summed E-state index contributed by atoms with van der Waals surface area (Å²) in [4.78, 5) is 38.2. The number of hydrogen-bond donors (Lipinski definition) is 0. The number of carbonyl (C=O) groups excluding carboxylic acids is 3. The third-order valence-corrected chi connectivity index (χ3v) is 15.1. The molecule has 0 aliphatic carbocycles. The lowest BCUT2D eigenvalue weighted by molar-refractivity contribution is -0.166. The number of ether oxygens (including phenoxy) is 3. The smallest absolute Gasteiger partial charge is 0.306 e. The summed E-state index contributed by atoms with van der Waals surface area (Å²) in [6.07, 6.45) is 90.8. The van der Waals surface area contributed by atoms with Crippen molar-refractivity contribution in [3.05, 3.63) is 85.1 Å². The molecular weight excluding hydrogens is 985 g/mol. The number of unbranched alkanes of at least 4 members (excludes halogenated alkanes) is 38. The summed E-state index contributed by atoms with van der Waals surface area (Å²) in [6, 6.07) is 0. The van der Waals surface area contributed by atoms with Crippen molar-refractivity contribution < 1.29 is 28.6 Å². The van der Waals surface area contributed by atoms with Crippen molar-refractivity contribution in [3.63, 3.8) is 0 Å². The van der Waals surface area contributed by atoms with E-state index in [9.17, 15) is 14.4 Å². The summed E-state index contributed by atoms with van der Waals surface area (Å²) in [5.41, 5.74) is 0. The second kappa shape index (κ2) is 68.1. The first-order valence-electron chi connectivity index (χ1n) is 34.6. The van der Waals surface area contributed by atoms with Gasteiger partial charge in [-0.2, -0.15) is 0 Å². The van der Waals surface area contributed by atoms with Crippen molar-refractivity contribution in [1.29, 1.82) is 0 Å². The molecule has 6 nitrogen and oxygen atoms in total. The third kappa shape index (κ3) is 65.4. The lowest BCUT2D eigenvalue weighted by Crippen LogP contribution is -2.30. The predicted molar refractivity (Wildman–Crippen MR) is 348 cm³/mol. The van der Waals surface area contributed by atoms with Crippen LogP contribution in [-0.2, 0) is 28.6 Å². The van der Waals surface area contributed by atoms with Gasteiger partial charge in [0.25, 0.3) is 0 Å². The van der Waals surface area contributed by atoms with Crippen molar-refractivity contribution in [2.75, 3.05) is 13.2 Å². The molecule has 0 aromatic rings. The Hall–Kier alpha value is -3.41. The molecule has 0 aromatic carbocycles. The summed E-state index contributed by atoms with van der Waals surface area (Å²) in [6.45, 7) is 6.49. The van der Waals surface area contributed by atoms with Crippen LogP contribution in [0.25, 0.3) is 0 Å². The number of hydrogen-bond acceptors (Lipinski definition) is 6. The van der Waals surface area contributed by atoms with Crippen molar-refractivity contribution in [1.82, 2.24) is 0 Å². The Kier molecular flexibility index (Phi) is 65.2. The first-order chi connectivity index (χ1) is 39.5. The molecule has 0 aliphatic heterocycles. The largest absolute Gasteiger partial charge is 0.462 e. The van der Waals surface area contributed by atoms with E-state index in [-0.39, 0.29) is 37.5 Å². The van der Waals surface area contributed by atoms with Crippen molar-refractivity contribution in [3.8, 4) is 0 Å². The SMILES string of the molecule is CC/C=C\C/C=C\C/C=C\C/C=C\C/C=C\C/C=C\CCC(=O)OC(COC(=O)CCCCCCCCCCCC)COC(=O)CCCCCCCCCCCCCCCCCCCCCCC/C=C\CCCCCCCCCC. The van der Waals surface area contributed by atoms with Gasteiger partial charge < -0.3 is 14.2 Å². The molecule has 0 N–H and O–H groups in total. The van der Waals surface area contributed by atoms with E-state index in [0.29, 0.717) is 19.3 Å². The van der Waals surface area contributed by atoms with E-state index in [0.717, 1.165) is 77.0 Å². The van der Waals surface area contributed by atoms with Crippen molar-refractivity contribution in [2.45, 2.75) is 354 Å². The molecule has 0 aliphatic rings. The Balaban J connectivity index is 4.15. The molecule has 80 heavy (non-hydrogen) atoms. The topological polar surface area (TPSA) is 78.9 Å². The molecule has 0 saturated carbocycles. The first-order valence-corrected chi connectivity index (χ1v) is 34.6. The van der Waals surface area contributed by atoms with Crippen LogP contribution in [-0.4, -0.2) is 37.2 Å². The molecule has 0 rings (SSSR count). The van der Waals surface area contributed by atoms with Gasteiger partial charge in [0.2, 0.25) is 0 Å². The first kappa shape index (κ1) is 76.6. The molecule has 0 radical (unpaired) electrons. The highest BCUT2D eigenvalue weighted by molar-refractivity contribution is 5.71.